The summed E-state index contributed by atoms with van der Waals surface area (Å²) in [5, 5.41) is 0.718. The van der Waals surface area contributed by atoms with Gasteiger partial charge in [0.15, 0.2) is 0 Å². The molecular formula is C15H15FN2O2S2. The van der Waals surface area contributed by atoms with Crippen LogP contribution in [0.2, 0.25) is 0 Å². The molecule has 2 aromatic rings. The molecule has 7 heteroatoms. The van der Waals surface area contributed by atoms with Crippen molar-refractivity contribution in [1.82, 2.24) is 9.80 Å². The number of fused-ring (bicyclic) bond motifs is 1. The lowest BCUT2D eigenvalue weighted by atomic mass is 10.2. The number of nitrogens with zero attached hydrogens (tertiary/aromatic N) is 2. The molecule has 1 aromatic carbocycles. The number of carbonyl (C=O) groups excluding carboxylic acids is 2. The zero-order chi connectivity index (χ0) is 15.9. The molecule has 0 radical (unpaired) electrons. The van der Waals surface area contributed by atoms with Gasteiger partial charge in [-0.1, -0.05) is 0 Å². The number of halogens is 1. The SMILES string of the molecule is CN(C)C(=O)C1CSCN1C(=O)c1cc2cc(F)ccc2s1. The summed E-state index contributed by atoms with van der Waals surface area (Å²) in [6, 6.07) is 5.76. The summed E-state index contributed by atoms with van der Waals surface area (Å²) in [5.74, 6) is 0.576. The van der Waals surface area contributed by atoms with Crippen molar-refractivity contribution in [1.29, 1.82) is 0 Å². The number of thioether (sulfide) groups is 1. The Morgan fingerprint density at radius 1 is 1.32 bits per heavy atom. The van der Waals surface area contributed by atoms with E-state index in [0.29, 0.717) is 16.5 Å². The number of thiophene rings is 1. The van der Waals surface area contributed by atoms with Crippen LogP contribution in [0.1, 0.15) is 9.67 Å². The molecule has 3 rings (SSSR count). The molecule has 116 valence electrons. The molecule has 1 aromatic heterocycles. The maximum Gasteiger partial charge on any atom is 0.265 e. The van der Waals surface area contributed by atoms with Crippen molar-refractivity contribution in [2.24, 2.45) is 0 Å². The van der Waals surface area contributed by atoms with Crippen LogP contribution in [-0.2, 0) is 4.79 Å². The van der Waals surface area contributed by atoms with Crippen LogP contribution in [0.25, 0.3) is 10.1 Å². The van der Waals surface area contributed by atoms with E-state index in [4.69, 9.17) is 0 Å². The third-order valence-corrected chi connectivity index (χ3v) is 5.67. The Bertz CT molecular complexity index is 744. The van der Waals surface area contributed by atoms with Gasteiger partial charge in [0.1, 0.15) is 11.9 Å². The number of rotatable bonds is 2. The highest BCUT2D eigenvalue weighted by Gasteiger charge is 2.36. The Hall–Kier alpha value is -1.60. The van der Waals surface area contributed by atoms with E-state index < -0.39 is 6.04 Å². The number of likely N-dealkylation sites (N-methyl/N-ethyl adjacent to an activating group) is 1. The molecule has 1 unspecified atom stereocenters. The van der Waals surface area contributed by atoms with Gasteiger partial charge < -0.3 is 9.80 Å². The highest BCUT2D eigenvalue weighted by molar-refractivity contribution is 7.99. The van der Waals surface area contributed by atoms with Gasteiger partial charge in [-0.15, -0.1) is 23.1 Å². The molecule has 1 atom stereocenters. The molecule has 0 N–H and O–H groups in total. The lowest BCUT2D eigenvalue weighted by molar-refractivity contribution is -0.132. The first-order valence-corrected chi connectivity index (χ1v) is 8.73. The minimum absolute atomic E-state index is 0.0643. The maximum absolute atomic E-state index is 13.3. The molecule has 0 saturated carbocycles. The first kappa shape index (κ1) is 15.3. The van der Waals surface area contributed by atoms with Gasteiger partial charge in [0.2, 0.25) is 5.91 Å². The quantitative estimate of drug-likeness (QED) is 0.845. The van der Waals surface area contributed by atoms with Crippen molar-refractivity contribution in [2.75, 3.05) is 25.7 Å². The minimum Gasteiger partial charge on any atom is -0.347 e. The molecular weight excluding hydrogens is 323 g/mol. The van der Waals surface area contributed by atoms with Crippen LogP contribution in [0.4, 0.5) is 4.39 Å². The molecule has 2 amide bonds. The number of hydrogen-bond donors (Lipinski definition) is 0. The summed E-state index contributed by atoms with van der Waals surface area (Å²) in [7, 11) is 3.38. The van der Waals surface area contributed by atoms with Crippen molar-refractivity contribution in [3.05, 3.63) is 35.0 Å². The number of amides is 2. The highest BCUT2D eigenvalue weighted by atomic mass is 32.2. The van der Waals surface area contributed by atoms with Crippen LogP contribution in [0, 0.1) is 5.82 Å². The van der Waals surface area contributed by atoms with Crippen LogP contribution in [-0.4, -0.2) is 53.4 Å². The molecule has 0 bridgehead atoms. The average molecular weight is 338 g/mol. The Morgan fingerprint density at radius 2 is 2.09 bits per heavy atom. The molecule has 22 heavy (non-hydrogen) atoms. The number of carbonyl (C=O) groups is 2. The predicted octanol–water partition coefficient (Wildman–Crippen LogP) is 2.64. The van der Waals surface area contributed by atoms with E-state index in [2.05, 4.69) is 0 Å². The van der Waals surface area contributed by atoms with Gasteiger partial charge in [-0.05, 0) is 29.7 Å². The van der Waals surface area contributed by atoms with Gasteiger partial charge >= 0.3 is 0 Å². The fourth-order valence-corrected chi connectivity index (χ4v) is 4.55. The first-order chi connectivity index (χ1) is 10.5. The molecule has 1 aliphatic rings. The van der Waals surface area contributed by atoms with Crippen molar-refractivity contribution in [2.45, 2.75) is 6.04 Å². The monoisotopic (exact) mass is 338 g/mol. The minimum atomic E-state index is -0.422. The summed E-state index contributed by atoms with van der Waals surface area (Å²) in [6.07, 6.45) is 0. The van der Waals surface area contributed by atoms with E-state index in [0.717, 1.165) is 10.1 Å². The van der Waals surface area contributed by atoms with Gasteiger partial charge in [-0.25, -0.2) is 4.39 Å². The molecule has 0 spiro atoms. The van der Waals surface area contributed by atoms with E-state index >= 15 is 0 Å². The van der Waals surface area contributed by atoms with E-state index in [1.807, 2.05) is 0 Å². The normalized spacial score (nSPS) is 18.0. The van der Waals surface area contributed by atoms with E-state index in [1.54, 1.807) is 42.9 Å². The fraction of sp³-hybridized carbons (Fsp3) is 0.333. The Balaban J connectivity index is 1.89. The lowest BCUT2D eigenvalue weighted by Gasteiger charge is -2.24. The summed E-state index contributed by atoms with van der Waals surface area (Å²) in [4.78, 5) is 28.5. The van der Waals surface area contributed by atoms with Crippen LogP contribution in [0.15, 0.2) is 24.3 Å². The van der Waals surface area contributed by atoms with Crippen molar-refractivity contribution in [3.63, 3.8) is 0 Å². The predicted molar refractivity (Wildman–Crippen MR) is 87.8 cm³/mol. The molecule has 0 aliphatic carbocycles. The van der Waals surface area contributed by atoms with Gasteiger partial charge in [0.25, 0.3) is 5.91 Å². The molecule has 2 heterocycles. The smallest absolute Gasteiger partial charge is 0.265 e. The summed E-state index contributed by atoms with van der Waals surface area (Å²) >= 11 is 2.90. The van der Waals surface area contributed by atoms with Crippen molar-refractivity contribution in [3.8, 4) is 0 Å². The topological polar surface area (TPSA) is 40.6 Å². The van der Waals surface area contributed by atoms with Crippen LogP contribution in [0.3, 0.4) is 0 Å². The molecule has 1 fully saturated rings. The van der Waals surface area contributed by atoms with Gasteiger partial charge in [-0.3, -0.25) is 9.59 Å². The fourth-order valence-electron chi connectivity index (χ4n) is 2.41. The Kier molecular flexibility index (Phi) is 4.10. The third kappa shape index (κ3) is 2.70. The summed E-state index contributed by atoms with van der Waals surface area (Å²) < 4.78 is 14.1. The Labute approximate surface area is 135 Å². The van der Waals surface area contributed by atoms with E-state index in [-0.39, 0.29) is 17.6 Å². The highest BCUT2D eigenvalue weighted by Crippen LogP contribution is 2.30. The second-order valence-electron chi connectivity index (χ2n) is 5.32. The van der Waals surface area contributed by atoms with Crippen molar-refractivity contribution >= 4 is 45.0 Å². The van der Waals surface area contributed by atoms with Gasteiger partial charge in [0, 0.05) is 24.5 Å². The zero-order valence-electron chi connectivity index (χ0n) is 12.2. The van der Waals surface area contributed by atoms with Crippen LogP contribution in [0.5, 0.6) is 0 Å². The van der Waals surface area contributed by atoms with Crippen LogP contribution < -0.4 is 0 Å². The summed E-state index contributed by atoms with van der Waals surface area (Å²) in [5.41, 5.74) is 0. The largest absolute Gasteiger partial charge is 0.347 e. The van der Waals surface area contributed by atoms with Crippen LogP contribution >= 0.6 is 23.1 Å². The number of hydrogen-bond acceptors (Lipinski definition) is 4. The summed E-state index contributed by atoms with van der Waals surface area (Å²) in [6.45, 7) is 0. The average Bonchev–Trinajstić information content (AvgIpc) is 3.11. The van der Waals surface area contributed by atoms with Crippen molar-refractivity contribution < 1.29 is 14.0 Å². The maximum atomic E-state index is 13.3. The van der Waals surface area contributed by atoms with Gasteiger partial charge in [0.05, 0.1) is 10.8 Å². The first-order valence-electron chi connectivity index (χ1n) is 6.76. The lowest BCUT2D eigenvalue weighted by Crippen LogP contribution is -2.46. The molecule has 1 saturated heterocycles. The third-order valence-electron chi connectivity index (χ3n) is 3.56. The van der Waals surface area contributed by atoms with E-state index in [9.17, 15) is 14.0 Å². The zero-order valence-corrected chi connectivity index (χ0v) is 13.8. The van der Waals surface area contributed by atoms with E-state index in [1.165, 1.54) is 28.4 Å². The second kappa shape index (κ2) is 5.89. The standard InChI is InChI=1S/C15H15FN2O2S2/c1-17(2)14(19)11-7-21-8-18(11)15(20)13-6-9-5-10(16)3-4-12(9)22-13/h3-6,11H,7-8H2,1-2H3. The number of benzene rings is 1. The Morgan fingerprint density at radius 3 is 2.82 bits per heavy atom. The second-order valence-corrected chi connectivity index (χ2v) is 7.40. The molecule has 4 nitrogen and oxygen atoms in total. The van der Waals surface area contributed by atoms with Gasteiger partial charge in [-0.2, -0.15) is 0 Å². The molecule has 1 aliphatic heterocycles.